The molecule has 0 aliphatic carbocycles. The van der Waals surface area contributed by atoms with E-state index in [1.807, 2.05) is 18.2 Å². The molecule has 9 heteroatoms. The number of aromatic nitrogens is 2. The zero-order valence-electron chi connectivity index (χ0n) is 20.3. The lowest BCUT2D eigenvalue weighted by Gasteiger charge is -2.39. The molecule has 0 saturated heterocycles. The summed E-state index contributed by atoms with van der Waals surface area (Å²) in [6.07, 6.45) is 8.37. The molecule has 2 aliphatic heterocycles. The first kappa shape index (κ1) is 24.4. The van der Waals surface area contributed by atoms with E-state index in [0.717, 1.165) is 28.9 Å². The van der Waals surface area contributed by atoms with Crippen LogP contribution >= 0.6 is 0 Å². The highest BCUT2D eigenvalue weighted by Gasteiger charge is 2.46. The molecule has 184 valence electrons. The van der Waals surface area contributed by atoms with Crippen LogP contribution in [0.5, 0.6) is 11.8 Å². The van der Waals surface area contributed by atoms with Gasteiger partial charge in [0, 0.05) is 42.2 Å². The van der Waals surface area contributed by atoms with Crippen LogP contribution in [0.1, 0.15) is 32.3 Å². The fraction of sp³-hybridized carbons (Fsp3) is 0.423. The molecule has 0 radical (unpaired) electrons. The molecule has 9 nitrogen and oxygen atoms in total. The van der Waals surface area contributed by atoms with Crippen LogP contribution in [0.2, 0.25) is 0 Å². The van der Waals surface area contributed by atoms with Crippen molar-refractivity contribution in [3.8, 4) is 22.9 Å². The maximum atomic E-state index is 12.7. The minimum absolute atomic E-state index is 0.244. The molecule has 3 N–H and O–H groups in total. The number of benzene rings is 1. The van der Waals surface area contributed by atoms with Crippen molar-refractivity contribution in [1.82, 2.24) is 15.3 Å². The summed E-state index contributed by atoms with van der Waals surface area (Å²) in [5, 5.41) is 2.88. The predicted octanol–water partition coefficient (Wildman–Crippen LogP) is 2.70. The molecule has 0 fully saturated rings. The van der Waals surface area contributed by atoms with Gasteiger partial charge in [0.1, 0.15) is 11.4 Å². The van der Waals surface area contributed by atoms with Gasteiger partial charge in [-0.15, -0.1) is 0 Å². The topological polar surface area (TPSA) is 129 Å². The molecule has 2 aliphatic rings. The number of hydrogen-bond donors (Lipinski definition) is 2. The Morgan fingerprint density at radius 2 is 2.06 bits per heavy atom. The van der Waals surface area contributed by atoms with Crippen molar-refractivity contribution in [2.75, 3.05) is 20.3 Å². The smallest absolute Gasteiger partial charge is 0.316 e. The minimum Gasteiger partial charge on any atom is -0.493 e. The zero-order chi connectivity index (χ0) is 25.0. The van der Waals surface area contributed by atoms with Crippen LogP contribution in [0.25, 0.3) is 11.1 Å². The van der Waals surface area contributed by atoms with E-state index in [4.69, 9.17) is 15.2 Å². The van der Waals surface area contributed by atoms with Crippen molar-refractivity contribution in [3.63, 3.8) is 0 Å². The van der Waals surface area contributed by atoms with Gasteiger partial charge >= 0.3 is 6.01 Å². The normalized spacial score (nSPS) is 21.0. The van der Waals surface area contributed by atoms with Crippen LogP contribution in [-0.2, 0) is 16.0 Å². The highest BCUT2D eigenvalue weighted by Crippen LogP contribution is 2.43. The molecule has 2 amide bonds. The van der Waals surface area contributed by atoms with Crippen molar-refractivity contribution in [3.05, 3.63) is 47.9 Å². The molecule has 0 spiro atoms. The summed E-state index contributed by atoms with van der Waals surface area (Å²) in [5.74, 6) is 0.261. The number of fused-ring (bicyclic) bond motifs is 1. The molecule has 1 aromatic carbocycles. The molecular formula is C26H31N5O4. The van der Waals surface area contributed by atoms with Crippen LogP contribution in [-0.4, -0.2) is 48.3 Å². The van der Waals surface area contributed by atoms with Crippen LogP contribution in [0, 0.1) is 17.3 Å². The number of carbonyl (C=O) groups excluding carboxylic acids is 2. The van der Waals surface area contributed by atoms with Gasteiger partial charge in [-0.05, 0) is 36.8 Å². The van der Waals surface area contributed by atoms with Crippen molar-refractivity contribution >= 4 is 18.0 Å². The van der Waals surface area contributed by atoms with E-state index in [9.17, 15) is 9.59 Å². The minimum atomic E-state index is -1.05. The number of aliphatic imine (C=N–C) groups is 1. The summed E-state index contributed by atoms with van der Waals surface area (Å²) < 4.78 is 11.2. The first-order chi connectivity index (χ1) is 16.8. The monoisotopic (exact) mass is 477 g/mol. The maximum Gasteiger partial charge on any atom is 0.316 e. The Kier molecular flexibility index (Phi) is 7.14. The van der Waals surface area contributed by atoms with E-state index in [1.54, 1.807) is 24.7 Å². The average Bonchev–Trinajstić information content (AvgIpc) is 2.87. The number of allylic oxidation sites excluding steroid dienone is 1. The van der Waals surface area contributed by atoms with Crippen LogP contribution < -0.4 is 20.5 Å². The lowest BCUT2D eigenvalue weighted by molar-refractivity contribution is -0.127. The van der Waals surface area contributed by atoms with Gasteiger partial charge in [0.05, 0.1) is 19.1 Å². The molecule has 1 unspecified atom stereocenters. The van der Waals surface area contributed by atoms with Crippen LogP contribution in [0.4, 0.5) is 0 Å². The molecule has 3 heterocycles. The Balaban J connectivity index is 1.56. The van der Waals surface area contributed by atoms with E-state index in [-0.39, 0.29) is 24.3 Å². The van der Waals surface area contributed by atoms with E-state index < -0.39 is 11.3 Å². The van der Waals surface area contributed by atoms with Crippen molar-refractivity contribution in [2.24, 2.45) is 28.0 Å². The lowest BCUT2D eigenvalue weighted by atomic mass is 9.68. The van der Waals surface area contributed by atoms with Gasteiger partial charge in [-0.1, -0.05) is 32.1 Å². The molecule has 2 atom stereocenters. The van der Waals surface area contributed by atoms with Crippen molar-refractivity contribution in [1.29, 1.82) is 0 Å². The van der Waals surface area contributed by atoms with Gasteiger partial charge in [-0.3, -0.25) is 14.6 Å². The molecule has 2 aromatic rings. The lowest BCUT2D eigenvalue weighted by Crippen LogP contribution is -2.49. The number of methoxy groups -OCH3 is 1. The Bertz CT molecular complexity index is 1160. The van der Waals surface area contributed by atoms with Gasteiger partial charge in [0.15, 0.2) is 0 Å². The SMILES string of the molecule is COc1ncc(-c2cccc3c2C[C@@H](C2(C(N)=O)C=NC(C(=O)NCCC(C)C)=CC2)CO3)cn1. The first-order valence-electron chi connectivity index (χ1n) is 11.8. The molecule has 0 saturated carbocycles. The van der Waals surface area contributed by atoms with E-state index in [1.165, 1.54) is 7.11 Å². The Hall–Kier alpha value is -3.75. The third-order valence-electron chi connectivity index (χ3n) is 6.64. The molecular weight excluding hydrogens is 446 g/mol. The van der Waals surface area contributed by atoms with Gasteiger partial charge < -0.3 is 20.5 Å². The highest BCUT2D eigenvalue weighted by atomic mass is 16.5. The summed E-state index contributed by atoms with van der Waals surface area (Å²) in [4.78, 5) is 38.0. The maximum absolute atomic E-state index is 12.7. The quantitative estimate of drug-likeness (QED) is 0.601. The number of primary amides is 1. The van der Waals surface area contributed by atoms with Crippen LogP contribution in [0.15, 0.2) is 47.4 Å². The number of nitrogens with two attached hydrogens (primary N) is 1. The number of rotatable bonds is 8. The Morgan fingerprint density at radius 3 is 2.69 bits per heavy atom. The number of nitrogens with one attached hydrogen (secondary N) is 1. The number of hydrogen-bond acceptors (Lipinski definition) is 7. The van der Waals surface area contributed by atoms with E-state index in [2.05, 4.69) is 34.1 Å². The summed E-state index contributed by atoms with van der Waals surface area (Å²) in [7, 11) is 1.52. The number of ether oxygens (including phenoxy) is 2. The largest absolute Gasteiger partial charge is 0.493 e. The second-order valence-electron chi connectivity index (χ2n) is 9.35. The third-order valence-corrected chi connectivity index (χ3v) is 6.64. The van der Waals surface area contributed by atoms with Gasteiger partial charge in [-0.25, -0.2) is 9.97 Å². The molecule has 4 rings (SSSR count). The molecule has 35 heavy (non-hydrogen) atoms. The summed E-state index contributed by atoms with van der Waals surface area (Å²) in [6, 6.07) is 6.08. The van der Waals surface area contributed by atoms with Gasteiger partial charge in [-0.2, -0.15) is 0 Å². The average molecular weight is 478 g/mol. The van der Waals surface area contributed by atoms with E-state index >= 15 is 0 Å². The van der Waals surface area contributed by atoms with Crippen LogP contribution in [0.3, 0.4) is 0 Å². The third kappa shape index (κ3) is 5.03. The van der Waals surface area contributed by atoms with Crippen molar-refractivity contribution in [2.45, 2.75) is 33.1 Å². The van der Waals surface area contributed by atoms with Gasteiger partial charge in [0.2, 0.25) is 5.91 Å². The van der Waals surface area contributed by atoms with Crippen molar-refractivity contribution < 1.29 is 19.1 Å². The highest BCUT2D eigenvalue weighted by molar-refractivity contribution is 6.02. The molecule has 1 aromatic heterocycles. The standard InChI is InChI=1S/C26H31N5O4/c1-16(2)8-10-28-23(32)21-7-9-26(15-31-21,24(27)33)18-11-20-19(5-4-6-22(20)35-14-18)17-12-29-25(34-3)30-13-17/h4-7,12-13,15-16,18H,8-11,14H2,1-3H3,(H2,27,33)(H,28,32)/t18-,26?/m1/s1. The second-order valence-corrected chi connectivity index (χ2v) is 9.35. The Morgan fingerprint density at radius 1 is 1.29 bits per heavy atom. The zero-order valence-corrected chi connectivity index (χ0v) is 20.3. The van der Waals surface area contributed by atoms with E-state index in [0.29, 0.717) is 31.2 Å². The Labute approximate surface area is 204 Å². The number of amides is 2. The number of carbonyl (C=O) groups is 2. The number of nitrogens with zero attached hydrogens (tertiary/aromatic N) is 3. The second kappa shape index (κ2) is 10.2. The summed E-state index contributed by atoms with van der Waals surface area (Å²) >= 11 is 0. The first-order valence-corrected chi connectivity index (χ1v) is 11.8. The fourth-order valence-corrected chi connectivity index (χ4v) is 4.48. The molecule has 0 bridgehead atoms. The van der Waals surface area contributed by atoms with Gasteiger partial charge in [0.25, 0.3) is 5.91 Å². The predicted molar refractivity (Wildman–Crippen MR) is 132 cm³/mol. The fourth-order valence-electron chi connectivity index (χ4n) is 4.48. The summed E-state index contributed by atoms with van der Waals surface area (Å²) in [5.41, 5.74) is 7.86. The summed E-state index contributed by atoms with van der Waals surface area (Å²) in [6.45, 7) is 5.09.